The van der Waals surface area contributed by atoms with Crippen LogP contribution in [0, 0.1) is 5.92 Å². The van der Waals surface area contributed by atoms with E-state index in [2.05, 4.69) is 19.0 Å². The second kappa shape index (κ2) is 7.61. The van der Waals surface area contributed by atoms with Crippen LogP contribution in [-0.2, 0) is 11.3 Å². The summed E-state index contributed by atoms with van der Waals surface area (Å²) in [6.45, 7) is 5.63. The van der Waals surface area contributed by atoms with Crippen LogP contribution in [0.2, 0.25) is 0 Å². The number of nitrogens with two attached hydrogens (primary N) is 1. The molecule has 0 bridgehead atoms. The average Bonchev–Trinajstić information content (AvgIpc) is 2.54. The zero-order chi connectivity index (χ0) is 15.9. The molecule has 0 radical (unpaired) electrons. The topological polar surface area (TPSA) is 67.8 Å². The third-order valence-electron chi connectivity index (χ3n) is 3.30. The highest BCUT2D eigenvalue weighted by molar-refractivity contribution is 6.03. The van der Waals surface area contributed by atoms with Crippen molar-refractivity contribution in [3.63, 3.8) is 0 Å². The van der Waals surface area contributed by atoms with Crippen LogP contribution in [0.15, 0.2) is 53.7 Å². The number of oxime groups is 1. The highest BCUT2D eigenvalue weighted by Gasteiger charge is 2.08. The van der Waals surface area contributed by atoms with Crippen LogP contribution in [0.1, 0.15) is 25.0 Å². The lowest BCUT2D eigenvalue weighted by atomic mass is 9.98. The van der Waals surface area contributed by atoms with Gasteiger partial charge in [0.2, 0.25) is 0 Å². The number of hydrogen-bond donors (Lipinski definition) is 2. The molecule has 0 aliphatic rings. The fourth-order valence-electron chi connectivity index (χ4n) is 2.21. The maximum atomic E-state index is 8.89. The van der Waals surface area contributed by atoms with Gasteiger partial charge in [-0.3, -0.25) is 0 Å². The lowest BCUT2D eigenvalue weighted by Crippen LogP contribution is -2.14. The van der Waals surface area contributed by atoms with Gasteiger partial charge in [0, 0.05) is 12.2 Å². The molecule has 0 saturated heterocycles. The van der Waals surface area contributed by atoms with Gasteiger partial charge in [0.25, 0.3) is 0 Å². The first-order valence-electron chi connectivity index (χ1n) is 7.35. The van der Waals surface area contributed by atoms with Crippen molar-refractivity contribution >= 4 is 5.84 Å². The molecule has 0 aliphatic heterocycles. The predicted octanol–water partition coefficient (Wildman–Crippen LogP) is 3.62. The van der Waals surface area contributed by atoms with E-state index in [4.69, 9.17) is 15.7 Å². The molecule has 0 aliphatic carbocycles. The van der Waals surface area contributed by atoms with Gasteiger partial charge in [0.15, 0.2) is 5.84 Å². The van der Waals surface area contributed by atoms with E-state index in [0.717, 1.165) is 23.3 Å². The van der Waals surface area contributed by atoms with Gasteiger partial charge in [-0.15, -0.1) is 0 Å². The Labute approximate surface area is 131 Å². The van der Waals surface area contributed by atoms with E-state index in [0.29, 0.717) is 18.1 Å². The van der Waals surface area contributed by atoms with E-state index in [9.17, 15) is 0 Å². The first kappa shape index (κ1) is 16.0. The van der Waals surface area contributed by atoms with Gasteiger partial charge in [-0.25, -0.2) is 0 Å². The summed E-state index contributed by atoms with van der Waals surface area (Å²) in [6.07, 6.45) is 0. The lowest BCUT2D eigenvalue weighted by molar-refractivity contribution is 0.0971. The Morgan fingerprint density at radius 3 is 2.45 bits per heavy atom. The summed E-state index contributed by atoms with van der Waals surface area (Å²) in [5.41, 5.74) is 9.54. The Morgan fingerprint density at radius 2 is 1.82 bits per heavy atom. The highest BCUT2D eigenvalue weighted by atomic mass is 16.5. The van der Waals surface area contributed by atoms with E-state index >= 15 is 0 Å². The van der Waals surface area contributed by atoms with Crippen LogP contribution in [0.3, 0.4) is 0 Å². The van der Waals surface area contributed by atoms with Crippen molar-refractivity contribution in [2.75, 3.05) is 6.61 Å². The number of rotatable bonds is 6. The summed E-state index contributed by atoms with van der Waals surface area (Å²) in [4.78, 5) is 0. The molecule has 0 fully saturated rings. The maximum absolute atomic E-state index is 8.89. The molecule has 2 aromatic carbocycles. The van der Waals surface area contributed by atoms with Crippen molar-refractivity contribution in [3.05, 3.63) is 59.7 Å². The minimum absolute atomic E-state index is 0.111. The van der Waals surface area contributed by atoms with E-state index in [1.165, 1.54) is 0 Å². The van der Waals surface area contributed by atoms with Gasteiger partial charge >= 0.3 is 0 Å². The van der Waals surface area contributed by atoms with Gasteiger partial charge in [0.05, 0.1) is 6.61 Å². The minimum Gasteiger partial charge on any atom is -0.409 e. The summed E-state index contributed by atoms with van der Waals surface area (Å²) >= 11 is 0. The van der Waals surface area contributed by atoms with Crippen molar-refractivity contribution in [2.45, 2.75) is 20.5 Å². The third-order valence-corrected chi connectivity index (χ3v) is 3.30. The Bertz CT molecular complexity index is 634. The van der Waals surface area contributed by atoms with E-state index in [1.807, 2.05) is 48.5 Å². The van der Waals surface area contributed by atoms with Crippen LogP contribution >= 0.6 is 0 Å². The van der Waals surface area contributed by atoms with E-state index in [1.54, 1.807) is 0 Å². The van der Waals surface area contributed by atoms with Crippen molar-refractivity contribution in [3.8, 4) is 11.1 Å². The summed E-state index contributed by atoms with van der Waals surface area (Å²) in [7, 11) is 0. The fourth-order valence-corrected chi connectivity index (χ4v) is 2.21. The third kappa shape index (κ3) is 4.09. The van der Waals surface area contributed by atoms with Gasteiger partial charge in [-0.2, -0.15) is 0 Å². The Balaban J connectivity index is 2.17. The monoisotopic (exact) mass is 298 g/mol. The Morgan fingerprint density at radius 1 is 1.14 bits per heavy atom. The lowest BCUT2D eigenvalue weighted by Gasteiger charge is -2.10. The van der Waals surface area contributed by atoms with E-state index in [-0.39, 0.29) is 5.84 Å². The summed E-state index contributed by atoms with van der Waals surface area (Å²) < 4.78 is 5.63. The largest absolute Gasteiger partial charge is 0.409 e. The molecule has 0 heterocycles. The molecule has 2 rings (SSSR count). The first-order chi connectivity index (χ1) is 10.6. The number of nitrogens with zero attached hydrogens (tertiary/aromatic N) is 1. The van der Waals surface area contributed by atoms with Gasteiger partial charge in [-0.1, -0.05) is 67.5 Å². The molecule has 3 N–H and O–H groups in total. The Hall–Kier alpha value is -2.33. The first-order valence-corrected chi connectivity index (χ1v) is 7.35. The highest BCUT2D eigenvalue weighted by Crippen LogP contribution is 2.24. The minimum atomic E-state index is 0.111. The quantitative estimate of drug-likeness (QED) is 0.370. The molecule has 0 unspecified atom stereocenters. The second-order valence-corrected chi connectivity index (χ2v) is 5.64. The smallest absolute Gasteiger partial charge is 0.170 e. The van der Waals surface area contributed by atoms with Gasteiger partial charge in [0.1, 0.15) is 0 Å². The molecule has 2 aromatic rings. The van der Waals surface area contributed by atoms with Crippen LogP contribution in [0.5, 0.6) is 0 Å². The molecule has 0 atom stereocenters. The molecule has 116 valence electrons. The fraction of sp³-hybridized carbons (Fsp3) is 0.278. The van der Waals surface area contributed by atoms with Crippen molar-refractivity contribution in [1.82, 2.24) is 0 Å². The van der Waals surface area contributed by atoms with Crippen molar-refractivity contribution in [2.24, 2.45) is 16.8 Å². The Kier molecular flexibility index (Phi) is 5.55. The SMILES string of the molecule is CC(C)COCc1ccc(-c2ccccc2/C(N)=N/O)cc1. The summed E-state index contributed by atoms with van der Waals surface area (Å²) in [5.74, 6) is 0.645. The van der Waals surface area contributed by atoms with Crippen LogP contribution in [0.25, 0.3) is 11.1 Å². The molecule has 22 heavy (non-hydrogen) atoms. The zero-order valence-corrected chi connectivity index (χ0v) is 13.0. The van der Waals surface area contributed by atoms with Crippen LogP contribution in [0.4, 0.5) is 0 Å². The number of benzene rings is 2. The molecular formula is C18H22N2O2. The number of ether oxygens (including phenoxy) is 1. The van der Waals surface area contributed by atoms with Crippen LogP contribution < -0.4 is 5.73 Å². The second-order valence-electron chi connectivity index (χ2n) is 5.64. The normalized spacial score (nSPS) is 11.9. The maximum Gasteiger partial charge on any atom is 0.170 e. The molecule has 0 aromatic heterocycles. The molecular weight excluding hydrogens is 276 g/mol. The summed E-state index contributed by atoms with van der Waals surface area (Å²) in [5, 5.41) is 12.0. The van der Waals surface area contributed by atoms with Crippen molar-refractivity contribution in [1.29, 1.82) is 0 Å². The molecule has 0 saturated carbocycles. The average molecular weight is 298 g/mol. The standard InChI is InChI=1S/C18H22N2O2/c1-13(2)11-22-12-14-7-9-15(10-8-14)16-5-3-4-6-17(16)18(19)20-21/h3-10,13,21H,11-12H2,1-2H3,(H2,19,20). The molecule has 4 nitrogen and oxygen atoms in total. The summed E-state index contributed by atoms with van der Waals surface area (Å²) in [6, 6.07) is 15.7. The van der Waals surface area contributed by atoms with Gasteiger partial charge in [-0.05, 0) is 22.6 Å². The molecule has 0 spiro atoms. The van der Waals surface area contributed by atoms with E-state index < -0.39 is 0 Å². The van der Waals surface area contributed by atoms with Crippen molar-refractivity contribution < 1.29 is 9.94 Å². The molecule has 0 amide bonds. The number of hydrogen-bond acceptors (Lipinski definition) is 3. The van der Waals surface area contributed by atoms with Crippen LogP contribution in [-0.4, -0.2) is 17.6 Å². The number of amidine groups is 1. The predicted molar refractivity (Wildman–Crippen MR) is 88.9 cm³/mol. The van der Waals surface area contributed by atoms with Gasteiger partial charge < -0.3 is 15.7 Å². The zero-order valence-electron chi connectivity index (χ0n) is 13.0. The molecule has 4 heteroatoms.